The average molecular weight is 742 g/mol. The Morgan fingerprint density at radius 2 is 1.12 bits per heavy atom. The molecule has 278 valence electrons. The van der Waals surface area contributed by atoms with Crippen LogP contribution in [0.15, 0.2) is 95.8 Å². The van der Waals surface area contributed by atoms with E-state index in [1.54, 1.807) is 16.8 Å². The predicted octanol–water partition coefficient (Wildman–Crippen LogP) is 7.38. The van der Waals surface area contributed by atoms with E-state index >= 15 is 0 Å². The summed E-state index contributed by atoms with van der Waals surface area (Å²) in [6, 6.07) is 21.2. The predicted molar refractivity (Wildman–Crippen MR) is 227 cm³/mol. The van der Waals surface area contributed by atoms with Crippen molar-refractivity contribution in [1.29, 1.82) is 0 Å². The van der Waals surface area contributed by atoms with Crippen molar-refractivity contribution in [2.75, 3.05) is 82.7 Å². The van der Waals surface area contributed by atoms with Crippen LogP contribution in [-0.2, 0) is 16.6 Å². The number of hydrogen-bond acceptors (Lipinski definition) is 7. The van der Waals surface area contributed by atoms with Crippen molar-refractivity contribution in [3.8, 4) is 0 Å². The smallest absolute Gasteiger partial charge is 0.233 e. The number of rotatable bonds is 21. The maximum absolute atomic E-state index is 12.7. The second-order valence-corrected chi connectivity index (χ2v) is 15.3. The number of amides is 2. The standard InChI is InChI=1S/C42H57N6O2S2/c1-8-35(23-26-43-2)11-12-36-15-19-39(20-16-36)45(4)27-9-29-47(6)41(49)33-51-52-34-42(50)48(7)30-10-28-46(5)40-21-17-37(18-22-40)13-14-38-24-31-44(3)32-25-38/h11-26,31-32H,8-10,27-30,33-34H2,1-7H3/q+1/b12-11+,35-23+,43-26?. The van der Waals surface area contributed by atoms with Gasteiger partial charge in [-0.05, 0) is 71.9 Å². The van der Waals surface area contributed by atoms with E-state index in [1.807, 2.05) is 50.4 Å². The zero-order valence-corrected chi connectivity index (χ0v) is 33.7. The summed E-state index contributed by atoms with van der Waals surface area (Å²) in [5, 5.41) is 0. The van der Waals surface area contributed by atoms with Gasteiger partial charge in [0.2, 0.25) is 11.8 Å². The third-order valence-corrected chi connectivity index (χ3v) is 10.9. The maximum Gasteiger partial charge on any atom is 0.233 e. The van der Waals surface area contributed by atoms with Crippen LogP contribution < -0.4 is 14.4 Å². The number of aryl methyl sites for hydroxylation is 1. The molecule has 0 N–H and O–H groups in total. The number of hydrogen-bond donors (Lipinski definition) is 0. The van der Waals surface area contributed by atoms with E-state index in [0.29, 0.717) is 24.6 Å². The molecule has 0 atom stereocenters. The number of allylic oxidation sites excluding steroid dienone is 3. The normalized spacial score (nSPS) is 11.9. The van der Waals surface area contributed by atoms with Gasteiger partial charge >= 0.3 is 0 Å². The van der Waals surface area contributed by atoms with Crippen LogP contribution in [0.5, 0.6) is 0 Å². The third-order valence-electron chi connectivity index (χ3n) is 8.75. The molecule has 2 aromatic carbocycles. The fourth-order valence-corrected chi connectivity index (χ4v) is 7.08. The Kier molecular flexibility index (Phi) is 18.9. The zero-order chi connectivity index (χ0) is 37.7. The number of benzene rings is 2. The van der Waals surface area contributed by atoms with Crippen LogP contribution in [0.4, 0.5) is 11.4 Å². The number of carbonyl (C=O) groups is 2. The molecule has 0 saturated carbocycles. The molecule has 0 saturated heterocycles. The van der Waals surface area contributed by atoms with Gasteiger partial charge in [0, 0.05) is 91.1 Å². The minimum atomic E-state index is 0.0837. The number of aromatic nitrogens is 1. The summed E-state index contributed by atoms with van der Waals surface area (Å²) in [6.45, 7) is 5.22. The topological polar surface area (TPSA) is 63.3 Å². The van der Waals surface area contributed by atoms with Gasteiger partial charge in [-0.25, -0.2) is 4.57 Å². The Bertz CT molecular complexity index is 1640. The Morgan fingerprint density at radius 1 is 0.673 bits per heavy atom. The molecule has 52 heavy (non-hydrogen) atoms. The van der Waals surface area contributed by atoms with E-state index in [2.05, 4.69) is 121 Å². The SMILES string of the molecule is CCC(/C=C/c1ccc(N(C)CCCN(C)C(=O)CSSCC(=O)N(C)CCCN(C)c2ccc(C=Cc3cc[n+](C)cc3)cc2)cc1)=C\C=NC. The Hall–Kier alpha value is -4.28. The van der Waals surface area contributed by atoms with Crippen LogP contribution in [0.2, 0.25) is 0 Å². The van der Waals surface area contributed by atoms with E-state index in [0.717, 1.165) is 54.9 Å². The van der Waals surface area contributed by atoms with Gasteiger partial charge in [-0.3, -0.25) is 14.6 Å². The van der Waals surface area contributed by atoms with Crippen molar-refractivity contribution in [3.05, 3.63) is 107 Å². The molecule has 8 nitrogen and oxygen atoms in total. The minimum absolute atomic E-state index is 0.0837. The lowest BCUT2D eigenvalue weighted by Gasteiger charge is -2.22. The summed E-state index contributed by atoms with van der Waals surface area (Å²) >= 11 is 0. The fourth-order valence-electron chi connectivity index (χ4n) is 5.16. The second kappa shape index (κ2) is 23.3. The van der Waals surface area contributed by atoms with Crippen molar-refractivity contribution in [3.63, 3.8) is 0 Å². The molecule has 2 amide bonds. The Morgan fingerprint density at radius 3 is 1.56 bits per heavy atom. The summed E-state index contributed by atoms with van der Waals surface area (Å²) in [6.07, 6.45) is 19.1. The van der Waals surface area contributed by atoms with Gasteiger partial charge in [-0.15, -0.1) is 0 Å². The van der Waals surface area contributed by atoms with Gasteiger partial charge in [-0.1, -0.05) is 77.1 Å². The first-order chi connectivity index (χ1) is 25.1. The molecule has 10 heteroatoms. The van der Waals surface area contributed by atoms with Gasteiger partial charge in [0.1, 0.15) is 7.05 Å². The van der Waals surface area contributed by atoms with E-state index in [4.69, 9.17) is 0 Å². The lowest BCUT2D eigenvalue weighted by atomic mass is 10.1. The van der Waals surface area contributed by atoms with Crippen molar-refractivity contribution in [1.82, 2.24) is 9.80 Å². The Labute approximate surface area is 320 Å². The van der Waals surface area contributed by atoms with Crippen molar-refractivity contribution in [2.24, 2.45) is 12.0 Å². The largest absolute Gasteiger partial charge is 0.375 e. The first-order valence-corrected chi connectivity index (χ1v) is 20.4. The van der Waals surface area contributed by atoms with Crippen LogP contribution >= 0.6 is 21.6 Å². The number of carbonyl (C=O) groups excluding carboxylic acids is 2. The highest BCUT2D eigenvalue weighted by molar-refractivity contribution is 8.77. The van der Waals surface area contributed by atoms with Gasteiger partial charge in [-0.2, -0.15) is 0 Å². The third kappa shape index (κ3) is 15.5. The molecule has 1 heterocycles. The average Bonchev–Trinajstić information content (AvgIpc) is 3.16. The molecule has 0 spiro atoms. The number of nitrogens with zero attached hydrogens (tertiary/aromatic N) is 6. The van der Waals surface area contributed by atoms with Crippen molar-refractivity contribution in [2.45, 2.75) is 26.2 Å². The minimum Gasteiger partial charge on any atom is -0.375 e. The molecule has 3 rings (SSSR count). The molecule has 0 fully saturated rings. The monoisotopic (exact) mass is 741 g/mol. The molecule has 0 unspecified atom stereocenters. The van der Waals surface area contributed by atoms with E-state index in [9.17, 15) is 9.59 Å². The highest BCUT2D eigenvalue weighted by Crippen LogP contribution is 2.22. The number of aliphatic imine (C=N–C) groups is 1. The summed E-state index contributed by atoms with van der Waals surface area (Å²) in [4.78, 5) is 37.4. The highest BCUT2D eigenvalue weighted by Gasteiger charge is 2.13. The van der Waals surface area contributed by atoms with E-state index < -0.39 is 0 Å². The zero-order valence-electron chi connectivity index (χ0n) is 32.1. The van der Waals surface area contributed by atoms with Gasteiger partial charge < -0.3 is 19.6 Å². The van der Waals surface area contributed by atoms with Crippen LogP contribution in [0, 0.1) is 0 Å². The Balaban J connectivity index is 1.27. The molecule has 0 aliphatic carbocycles. The van der Waals surface area contributed by atoms with Gasteiger partial charge in [0.15, 0.2) is 12.4 Å². The molecular weight excluding hydrogens is 685 g/mol. The number of anilines is 2. The van der Waals surface area contributed by atoms with Gasteiger partial charge in [0.05, 0.1) is 11.5 Å². The lowest BCUT2D eigenvalue weighted by molar-refractivity contribution is -0.671. The lowest BCUT2D eigenvalue weighted by Crippen LogP contribution is -2.32. The molecule has 0 aliphatic heterocycles. The molecule has 1 aromatic heterocycles. The molecule has 3 aromatic rings. The molecule has 0 aliphatic rings. The van der Waals surface area contributed by atoms with E-state index in [-0.39, 0.29) is 11.8 Å². The molecular formula is C42H57N6O2S2+. The van der Waals surface area contributed by atoms with Crippen molar-refractivity contribution >= 4 is 69.2 Å². The van der Waals surface area contributed by atoms with Crippen LogP contribution in [0.1, 0.15) is 42.9 Å². The summed E-state index contributed by atoms with van der Waals surface area (Å²) in [7, 11) is 14.6. The quantitative estimate of drug-likeness (QED) is 0.0374. The summed E-state index contributed by atoms with van der Waals surface area (Å²) in [5.41, 5.74) is 7.01. The molecule has 0 bridgehead atoms. The van der Waals surface area contributed by atoms with Crippen LogP contribution in [0.25, 0.3) is 18.2 Å². The first kappa shape index (κ1) is 42.1. The maximum atomic E-state index is 12.7. The summed E-state index contributed by atoms with van der Waals surface area (Å²) in [5.74, 6) is 0.878. The van der Waals surface area contributed by atoms with Crippen molar-refractivity contribution < 1.29 is 14.2 Å². The van der Waals surface area contributed by atoms with Crippen LogP contribution in [-0.4, -0.2) is 101 Å². The molecule has 0 radical (unpaired) electrons. The summed E-state index contributed by atoms with van der Waals surface area (Å²) < 4.78 is 2.02. The van der Waals surface area contributed by atoms with E-state index in [1.165, 1.54) is 32.7 Å². The van der Waals surface area contributed by atoms with Crippen LogP contribution in [0.3, 0.4) is 0 Å². The first-order valence-electron chi connectivity index (χ1n) is 17.9. The highest BCUT2D eigenvalue weighted by atomic mass is 33.1. The fraction of sp³-hybridized carbons (Fsp3) is 0.381. The van der Waals surface area contributed by atoms with Gasteiger partial charge in [0.25, 0.3) is 0 Å². The second-order valence-electron chi connectivity index (χ2n) is 12.9. The number of pyridine rings is 1.